The third kappa shape index (κ3) is 7.62. The number of thioether (sulfide) groups is 1. The predicted molar refractivity (Wildman–Crippen MR) is 149 cm³/mol. The van der Waals surface area contributed by atoms with Crippen LogP contribution >= 0.6 is 23.4 Å². The van der Waals surface area contributed by atoms with Crippen molar-refractivity contribution in [3.8, 4) is 0 Å². The Morgan fingerprint density at radius 3 is 2.17 bits per heavy atom. The van der Waals surface area contributed by atoms with Gasteiger partial charge >= 0.3 is 0 Å². The number of hydrogen-bond donors (Lipinski definition) is 1. The van der Waals surface area contributed by atoms with Gasteiger partial charge in [-0.25, -0.2) is 0 Å². The van der Waals surface area contributed by atoms with E-state index < -0.39 is 6.04 Å². The van der Waals surface area contributed by atoms with Gasteiger partial charge in [0.2, 0.25) is 11.8 Å². The van der Waals surface area contributed by atoms with Crippen molar-refractivity contribution in [1.82, 2.24) is 10.2 Å². The molecule has 3 aromatic carbocycles. The molecule has 4 rings (SSSR count). The molecule has 1 aliphatic carbocycles. The first-order valence-electron chi connectivity index (χ1n) is 12.6. The van der Waals surface area contributed by atoms with Crippen LogP contribution in [0.25, 0.3) is 0 Å². The molecule has 0 radical (unpaired) electrons. The van der Waals surface area contributed by atoms with Crippen molar-refractivity contribution in [2.24, 2.45) is 0 Å². The van der Waals surface area contributed by atoms with Gasteiger partial charge in [0.05, 0.1) is 5.75 Å². The van der Waals surface area contributed by atoms with Crippen molar-refractivity contribution in [2.45, 2.75) is 56.5 Å². The highest BCUT2D eigenvalue weighted by molar-refractivity contribution is 7.99. The largest absolute Gasteiger partial charge is 0.352 e. The van der Waals surface area contributed by atoms with Crippen LogP contribution in [0, 0.1) is 0 Å². The highest BCUT2D eigenvalue weighted by Gasteiger charge is 2.32. The number of rotatable bonds is 11. The Hall–Kier alpha value is -2.76. The average molecular weight is 521 g/mol. The maximum absolute atomic E-state index is 13.7. The van der Waals surface area contributed by atoms with E-state index in [2.05, 4.69) is 17.4 Å². The summed E-state index contributed by atoms with van der Waals surface area (Å²) < 4.78 is 0. The van der Waals surface area contributed by atoms with Crippen LogP contribution in [0.3, 0.4) is 0 Å². The number of hydrogen-bond acceptors (Lipinski definition) is 3. The van der Waals surface area contributed by atoms with Crippen molar-refractivity contribution >= 4 is 35.2 Å². The minimum absolute atomic E-state index is 0.0571. The second-order valence-corrected chi connectivity index (χ2v) is 10.7. The number of halogens is 1. The number of carbonyl (C=O) groups is 2. The molecule has 2 amide bonds. The van der Waals surface area contributed by atoms with E-state index in [9.17, 15) is 9.59 Å². The molecule has 0 bridgehead atoms. The number of benzene rings is 3. The van der Waals surface area contributed by atoms with E-state index in [1.165, 1.54) is 5.56 Å². The Bertz CT molecular complexity index is 1120. The molecule has 188 valence electrons. The van der Waals surface area contributed by atoms with E-state index in [0.29, 0.717) is 23.7 Å². The van der Waals surface area contributed by atoms with E-state index in [-0.39, 0.29) is 17.9 Å². The van der Waals surface area contributed by atoms with E-state index in [1.807, 2.05) is 72.8 Å². The third-order valence-electron chi connectivity index (χ3n) is 6.61. The summed E-state index contributed by atoms with van der Waals surface area (Å²) in [7, 11) is 0. The molecule has 0 heterocycles. The van der Waals surface area contributed by atoms with Gasteiger partial charge in [-0.05, 0) is 35.6 Å². The molecule has 0 aromatic heterocycles. The van der Waals surface area contributed by atoms with Crippen molar-refractivity contribution in [1.29, 1.82) is 0 Å². The first-order chi connectivity index (χ1) is 17.6. The van der Waals surface area contributed by atoms with E-state index in [0.717, 1.165) is 42.6 Å². The van der Waals surface area contributed by atoms with E-state index in [4.69, 9.17) is 11.6 Å². The zero-order valence-corrected chi connectivity index (χ0v) is 22.0. The third-order valence-corrected chi connectivity index (χ3v) is 7.97. The zero-order valence-electron chi connectivity index (χ0n) is 20.4. The molecule has 0 saturated heterocycles. The van der Waals surface area contributed by atoms with Gasteiger partial charge in [-0.3, -0.25) is 9.59 Å². The number of amides is 2. The molecule has 4 nitrogen and oxygen atoms in total. The summed E-state index contributed by atoms with van der Waals surface area (Å²) in [5, 5.41) is 3.84. The maximum Gasteiger partial charge on any atom is 0.243 e. The summed E-state index contributed by atoms with van der Waals surface area (Å²) in [5.41, 5.74) is 3.04. The monoisotopic (exact) mass is 520 g/mol. The van der Waals surface area contributed by atoms with Crippen LogP contribution in [0.4, 0.5) is 0 Å². The Labute approximate surface area is 223 Å². The first kappa shape index (κ1) is 26.3. The molecule has 1 saturated carbocycles. The fourth-order valence-electron chi connectivity index (χ4n) is 4.64. The Morgan fingerprint density at radius 1 is 0.889 bits per heavy atom. The highest BCUT2D eigenvalue weighted by atomic mass is 35.5. The highest BCUT2D eigenvalue weighted by Crippen LogP contribution is 2.23. The van der Waals surface area contributed by atoms with Gasteiger partial charge in [0, 0.05) is 29.8 Å². The lowest BCUT2D eigenvalue weighted by Gasteiger charge is -2.32. The SMILES string of the molecule is O=C(NC1CCCC1)[C@@H](Cc1ccccc1)N(Cc1ccccc1Cl)C(=O)CSCc1ccccc1. The fourth-order valence-corrected chi connectivity index (χ4v) is 5.71. The van der Waals surface area contributed by atoms with Crippen LogP contribution in [-0.2, 0) is 28.3 Å². The molecule has 0 unspecified atom stereocenters. The van der Waals surface area contributed by atoms with Crippen molar-refractivity contribution in [3.63, 3.8) is 0 Å². The summed E-state index contributed by atoms with van der Waals surface area (Å²) in [6, 6.07) is 27.2. The minimum Gasteiger partial charge on any atom is -0.352 e. The van der Waals surface area contributed by atoms with Crippen molar-refractivity contribution in [3.05, 3.63) is 107 Å². The summed E-state index contributed by atoms with van der Waals surface area (Å²) in [6.07, 6.45) is 4.71. The number of carbonyl (C=O) groups excluding carboxylic acids is 2. The molecular formula is C30H33ClN2O2S. The Morgan fingerprint density at radius 2 is 1.50 bits per heavy atom. The van der Waals surface area contributed by atoms with Crippen LogP contribution < -0.4 is 5.32 Å². The fraction of sp³-hybridized carbons (Fsp3) is 0.333. The number of nitrogens with one attached hydrogen (secondary N) is 1. The molecule has 36 heavy (non-hydrogen) atoms. The molecule has 1 aliphatic rings. The van der Waals surface area contributed by atoms with E-state index in [1.54, 1.807) is 16.7 Å². The molecule has 0 spiro atoms. The van der Waals surface area contributed by atoms with Gasteiger partial charge in [-0.1, -0.05) is 103 Å². The molecule has 1 N–H and O–H groups in total. The normalized spacial score (nSPS) is 14.4. The summed E-state index contributed by atoms with van der Waals surface area (Å²) in [6.45, 7) is 0.292. The smallest absolute Gasteiger partial charge is 0.243 e. The lowest BCUT2D eigenvalue weighted by Crippen LogP contribution is -2.52. The van der Waals surface area contributed by atoms with Crippen LogP contribution in [0.1, 0.15) is 42.4 Å². The van der Waals surface area contributed by atoms with Crippen LogP contribution in [0.5, 0.6) is 0 Å². The van der Waals surface area contributed by atoms with Gasteiger partial charge < -0.3 is 10.2 Å². The molecule has 0 aliphatic heterocycles. The Kier molecular flexibility index (Phi) is 9.88. The van der Waals surface area contributed by atoms with Crippen LogP contribution in [-0.4, -0.2) is 34.6 Å². The van der Waals surface area contributed by atoms with Gasteiger partial charge in [0.1, 0.15) is 6.04 Å². The van der Waals surface area contributed by atoms with Crippen molar-refractivity contribution < 1.29 is 9.59 Å². The second kappa shape index (κ2) is 13.5. The van der Waals surface area contributed by atoms with Gasteiger partial charge in [-0.15, -0.1) is 11.8 Å². The molecule has 1 fully saturated rings. The zero-order chi connectivity index (χ0) is 25.2. The quantitative estimate of drug-likeness (QED) is 0.324. The average Bonchev–Trinajstić information content (AvgIpc) is 3.41. The van der Waals surface area contributed by atoms with Crippen molar-refractivity contribution in [2.75, 3.05) is 5.75 Å². The van der Waals surface area contributed by atoms with Gasteiger partial charge in [-0.2, -0.15) is 0 Å². The number of nitrogens with zero attached hydrogens (tertiary/aromatic N) is 1. The topological polar surface area (TPSA) is 49.4 Å². The lowest BCUT2D eigenvalue weighted by atomic mass is 10.0. The maximum atomic E-state index is 13.7. The Balaban J connectivity index is 1.57. The molecular weight excluding hydrogens is 488 g/mol. The molecule has 6 heteroatoms. The summed E-state index contributed by atoms with van der Waals surface area (Å²) in [4.78, 5) is 29.1. The standard InChI is InChI=1S/C30H33ClN2O2S/c31-27-18-10-7-15-25(27)20-33(29(34)22-36-21-24-13-5-2-6-14-24)28(19-23-11-3-1-4-12-23)30(35)32-26-16-8-9-17-26/h1-7,10-15,18,26,28H,8-9,16-17,19-22H2,(H,32,35)/t28-/m1/s1. The van der Waals surface area contributed by atoms with Gasteiger partial charge in [0.15, 0.2) is 0 Å². The lowest BCUT2D eigenvalue weighted by molar-refractivity contribution is -0.139. The van der Waals surface area contributed by atoms with E-state index >= 15 is 0 Å². The molecule has 1 atom stereocenters. The minimum atomic E-state index is -0.617. The summed E-state index contributed by atoms with van der Waals surface area (Å²) in [5.74, 6) is 0.892. The van der Waals surface area contributed by atoms with Crippen LogP contribution in [0.15, 0.2) is 84.9 Å². The molecule has 3 aromatic rings. The summed E-state index contributed by atoms with van der Waals surface area (Å²) >= 11 is 8.07. The van der Waals surface area contributed by atoms with Crippen LogP contribution in [0.2, 0.25) is 5.02 Å². The van der Waals surface area contributed by atoms with Gasteiger partial charge in [0.25, 0.3) is 0 Å². The second-order valence-electron chi connectivity index (χ2n) is 9.29. The first-order valence-corrected chi connectivity index (χ1v) is 14.1. The predicted octanol–water partition coefficient (Wildman–Crippen LogP) is 6.27.